The van der Waals surface area contributed by atoms with Crippen LogP contribution in [0, 0.1) is 11.6 Å². The van der Waals surface area contributed by atoms with Crippen molar-refractivity contribution in [3.05, 3.63) is 35.4 Å². The Kier molecular flexibility index (Phi) is 5.59. The minimum absolute atomic E-state index is 0.141. The lowest BCUT2D eigenvalue weighted by molar-refractivity contribution is -0.121. The van der Waals surface area contributed by atoms with Gasteiger partial charge in [-0.3, -0.25) is 4.79 Å². The number of carbonyl (C=O) groups is 1. The van der Waals surface area contributed by atoms with Gasteiger partial charge >= 0.3 is 0 Å². The van der Waals surface area contributed by atoms with Gasteiger partial charge < -0.3 is 5.32 Å². The monoisotopic (exact) mass is 273 g/mol. The molecule has 1 aromatic carbocycles. The molecule has 1 aromatic rings. The minimum atomic E-state index is -0.626. The highest BCUT2D eigenvalue weighted by molar-refractivity contribution is 7.99. The van der Waals surface area contributed by atoms with E-state index in [2.05, 4.69) is 5.32 Å². The topological polar surface area (TPSA) is 29.1 Å². The fourth-order valence-electron chi connectivity index (χ4n) is 1.58. The Bertz CT molecular complexity index is 425. The molecule has 0 saturated heterocycles. The predicted molar refractivity (Wildman–Crippen MR) is 70.5 cm³/mol. The van der Waals surface area contributed by atoms with Gasteiger partial charge in [-0.2, -0.15) is 11.8 Å². The molecule has 0 unspecified atom stereocenters. The Morgan fingerprint density at radius 3 is 2.61 bits per heavy atom. The molecule has 5 heteroatoms. The maximum atomic E-state index is 13.6. The van der Waals surface area contributed by atoms with Crippen molar-refractivity contribution in [2.45, 2.75) is 31.6 Å². The lowest BCUT2D eigenvalue weighted by Crippen LogP contribution is -2.34. The third kappa shape index (κ3) is 3.70. The van der Waals surface area contributed by atoms with Crippen LogP contribution in [-0.4, -0.2) is 17.4 Å². The number of amides is 1. The highest BCUT2D eigenvalue weighted by Crippen LogP contribution is 2.21. The Hall–Kier alpha value is -1.10. The zero-order chi connectivity index (χ0) is 13.7. The van der Waals surface area contributed by atoms with Crippen LogP contribution < -0.4 is 5.32 Å². The van der Waals surface area contributed by atoms with Gasteiger partial charge in [0.1, 0.15) is 11.6 Å². The number of thioether (sulfide) groups is 1. The molecule has 0 bridgehead atoms. The molecule has 1 amide bonds. The highest BCUT2D eigenvalue weighted by atomic mass is 32.2. The van der Waals surface area contributed by atoms with Crippen LogP contribution in [0.1, 0.15) is 31.9 Å². The van der Waals surface area contributed by atoms with Crippen molar-refractivity contribution in [2.75, 3.05) is 6.26 Å². The van der Waals surface area contributed by atoms with E-state index in [9.17, 15) is 13.6 Å². The second-order valence-electron chi connectivity index (χ2n) is 4.01. The third-order valence-corrected chi connectivity index (χ3v) is 3.71. The Labute approximate surface area is 110 Å². The molecule has 0 aliphatic heterocycles. The van der Waals surface area contributed by atoms with Crippen LogP contribution in [0.25, 0.3) is 0 Å². The van der Waals surface area contributed by atoms with Crippen LogP contribution in [0.3, 0.4) is 0 Å². The van der Waals surface area contributed by atoms with Gasteiger partial charge in [0.15, 0.2) is 0 Å². The van der Waals surface area contributed by atoms with E-state index in [-0.39, 0.29) is 11.2 Å². The van der Waals surface area contributed by atoms with E-state index in [4.69, 9.17) is 0 Å². The van der Waals surface area contributed by atoms with Crippen molar-refractivity contribution in [1.29, 1.82) is 0 Å². The quantitative estimate of drug-likeness (QED) is 0.892. The van der Waals surface area contributed by atoms with E-state index in [1.165, 1.54) is 23.9 Å². The molecule has 2 nitrogen and oxygen atoms in total. The molecular formula is C13H17F2NOS. The second-order valence-corrected chi connectivity index (χ2v) is 5.19. The first-order chi connectivity index (χ1) is 8.49. The average Bonchev–Trinajstić information content (AvgIpc) is 2.35. The number of carbonyl (C=O) groups excluding carboxylic acids is 1. The predicted octanol–water partition coefficient (Wildman–Crippen LogP) is 3.28. The fourth-order valence-corrected chi connectivity index (χ4v) is 1.86. The lowest BCUT2D eigenvalue weighted by atomic mass is 10.0. The van der Waals surface area contributed by atoms with Crippen LogP contribution in [0.15, 0.2) is 18.2 Å². The van der Waals surface area contributed by atoms with Gasteiger partial charge in [0, 0.05) is 11.6 Å². The normalized spacial score (nSPS) is 14.1. The van der Waals surface area contributed by atoms with Crippen LogP contribution in [0.4, 0.5) is 8.78 Å². The third-order valence-electron chi connectivity index (χ3n) is 2.79. The molecule has 0 radical (unpaired) electrons. The first-order valence-corrected chi connectivity index (χ1v) is 7.06. The van der Waals surface area contributed by atoms with Crippen molar-refractivity contribution in [2.24, 2.45) is 0 Å². The summed E-state index contributed by atoms with van der Waals surface area (Å²) in [5.74, 6) is -1.38. The molecule has 2 atom stereocenters. The van der Waals surface area contributed by atoms with E-state index < -0.39 is 17.7 Å². The summed E-state index contributed by atoms with van der Waals surface area (Å²) in [5, 5.41) is 2.58. The summed E-state index contributed by atoms with van der Waals surface area (Å²) in [6.45, 7) is 3.63. The van der Waals surface area contributed by atoms with Crippen molar-refractivity contribution >= 4 is 17.7 Å². The minimum Gasteiger partial charge on any atom is -0.348 e. The molecule has 0 aromatic heterocycles. The van der Waals surface area contributed by atoms with E-state index in [1.54, 1.807) is 6.92 Å². The molecule has 0 heterocycles. The van der Waals surface area contributed by atoms with E-state index >= 15 is 0 Å². The number of benzene rings is 1. The molecular weight excluding hydrogens is 256 g/mol. The first kappa shape index (κ1) is 15.0. The van der Waals surface area contributed by atoms with Gasteiger partial charge in [-0.05, 0) is 25.7 Å². The zero-order valence-electron chi connectivity index (χ0n) is 10.7. The summed E-state index contributed by atoms with van der Waals surface area (Å²) in [6.07, 6.45) is 2.39. The summed E-state index contributed by atoms with van der Waals surface area (Å²) >= 11 is 1.42. The summed E-state index contributed by atoms with van der Waals surface area (Å²) < 4.78 is 26.5. The molecule has 0 fully saturated rings. The Morgan fingerprint density at radius 1 is 1.44 bits per heavy atom. The summed E-state index contributed by atoms with van der Waals surface area (Å²) in [5.41, 5.74) is 0.320. The second kappa shape index (κ2) is 6.73. The van der Waals surface area contributed by atoms with Gasteiger partial charge in [-0.25, -0.2) is 8.78 Å². The smallest absolute Gasteiger partial charge is 0.233 e. The van der Waals surface area contributed by atoms with Gasteiger partial charge in [0.2, 0.25) is 5.91 Å². The molecule has 100 valence electrons. The molecule has 0 aliphatic rings. The van der Waals surface area contributed by atoms with E-state index in [1.807, 2.05) is 13.2 Å². The maximum absolute atomic E-state index is 13.6. The van der Waals surface area contributed by atoms with Crippen LogP contribution in [0.5, 0.6) is 0 Å². The maximum Gasteiger partial charge on any atom is 0.233 e. The molecule has 0 aliphatic carbocycles. The van der Waals surface area contributed by atoms with Crippen molar-refractivity contribution in [1.82, 2.24) is 5.32 Å². The van der Waals surface area contributed by atoms with Crippen molar-refractivity contribution in [3.8, 4) is 0 Å². The van der Waals surface area contributed by atoms with Crippen LogP contribution in [-0.2, 0) is 4.79 Å². The Morgan fingerprint density at radius 2 is 2.11 bits per heavy atom. The summed E-state index contributed by atoms with van der Waals surface area (Å²) in [7, 11) is 0. The number of rotatable bonds is 5. The number of halogens is 2. The molecule has 0 spiro atoms. The number of nitrogens with one attached hydrogen (secondary N) is 1. The SMILES string of the molecule is CC[C@H](NC(=O)[C@H](C)SC)c1ccc(F)cc1F. The Balaban J connectivity index is 2.86. The van der Waals surface area contributed by atoms with Crippen LogP contribution >= 0.6 is 11.8 Å². The van der Waals surface area contributed by atoms with Gasteiger partial charge in [0.05, 0.1) is 11.3 Å². The van der Waals surface area contributed by atoms with Crippen molar-refractivity contribution < 1.29 is 13.6 Å². The van der Waals surface area contributed by atoms with Gasteiger partial charge in [0.25, 0.3) is 0 Å². The summed E-state index contributed by atoms with van der Waals surface area (Å²) in [4.78, 5) is 11.8. The zero-order valence-corrected chi connectivity index (χ0v) is 11.5. The molecule has 0 saturated carbocycles. The molecule has 1 rings (SSSR count). The standard InChI is InChI=1S/C13H17F2NOS/c1-4-12(16-13(17)8(2)18-3)10-6-5-9(14)7-11(10)15/h5-8,12H,4H2,1-3H3,(H,16,17)/t8-,12-/m0/s1. The number of hydrogen-bond acceptors (Lipinski definition) is 2. The average molecular weight is 273 g/mol. The largest absolute Gasteiger partial charge is 0.348 e. The molecule has 18 heavy (non-hydrogen) atoms. The van der Waals surface area contributed by atoms with E-state index in [0.717, 1.165) is 6.07 Å². The van der Waals surface area contributed by atoms with E-state index in [0.29, 0.717) is 12.0 Å². The summed E-state index contributed by atoms with van der Waals surface area (Å²) in [6, 6.07) is 2.99. The fraction of sp³-hybridized carbons (Fsp3) is 0.462. The van der Waals surface area contributed by atoms with Gasteiger partial charge in [-0.15, -0.1) is 0 Å². The van der Waals surface area contributed by atoms with Crippen LogP contribution in [0.2, 0.25) is 0 Å². The highest BCUT2D eigenvalue weighted by Gasteiger charge is 2.19. The number of hydrogen-bond donors (Lipinski definition) is 1. The lowest BCUT2D eigenvalue weighted by Gasteiger charge is -2.20. The van der Waals surface area contributed by atoms with Gasteiger partial charge in [-0.1, -0.05) is 13.0 Å². The van der Waals surface area contributed by atoms with Crippen molar-refractivity contribution in [3.63, 3.8) is 0 Å². The first-order valence-electron chi connectivity index (χ1n) is 5.77. The molecule has 1 N–H and O–H groups in total.